The van der Waals surface area contributed by atoms with E-state index in [1.54, 1.807) is 18.2 Å². The van der Waals surface area contributed by atoms with E-state index in [0.29, 0.717) is 19.7 Å². The Kier molecular flexibility index (Phi) is 6.37. The fourth-order valence-electron chi connectivity index (χ4n) is 3.78. The van der Waals surface area contributed by atoms with E-state index in [1.807, 2.05) is 30.4 Å². The van der Waals surface area contributed by atoms with Crippen molar-refractivity contribution in [1.82, 2.24) is 14.7 Å². The number of amides is 1. The van der Waals surface area contributed by atoms with Crippen LogP contribution in [0.25, 0.3) is 0 Å². The Morgan fingerprint density at radius 3 is 2.75 bits per heavy atom. The van der Waals surface area contributed by atoms with Crippen LogP contribution in [0.5, 0.6) is 5.75 Å². The number of piperidine rings is 1. The Hall–Kier alpha value is -2.37. The second kappa shape index (κ2) is 8.76. The maximum atomic E-state index is 13.7. The first-order valence-electron chi connectivity index (χ1n) is 10.0. The minimum absolute atomic E-state index is 0.136. The molecule has 0 radical (unpaired) electrons. The fourth-order valence-corrected chi connectivity index (χ4v) is 3.78. The number of hydrogen-bond acceptors (Lipinski definition) is 3. The van der Waals surface area contributed by atoms with E-state index in [0.717, 1.165) is 30.8 Å². The lowest BCUT2D eigenvalue weighted by Gasteiger charge is -2.34. The van der Waals surface area contributed by atoms with Crippen LogP contribution >= 0.6 is 0 Å². The molecule has 3 rings (SSSR count). The second-order valence-corrected chi connectivity index (χ2v) is 7.91. The van der Waals surface area contributed by atoms with Gasteiger partial charge in [-0.05, 0) is 51.3 Å². The van der Waals surface area contributed by atoms with Crippen LogP contribution in [0.2, 0.25) is 0 Å². The highest BCUT2D eigenvalue weighted by atomic mass is 19.1. The lowest BCUT2D eigenvalue weighted by atomic mass is 9.97. The molecular formula is C22H30FN3O2. The molecule has 0 saturated carbocycles. The van der Waals surface area contributed by atoms with E-state index >= 15 is 0 Å². The summed E-state index contributed by atoms with van der Waals surface area (Å²) < 4.78 is 21.3. The summed E-state index contributed by atoms with van der Waals surface area (Å²) in [5.41, 5.74) is 3.32. The van der Waals surface area contributed by atoms with Gasteiger partial charge < -0.3 is 9.64 Å². The molecule has 1 aliphatic heterocycles. The number of para-hydroxylation sites is 1. The number of likely N-dealkylation sites (tertiary alicyclic amines) is 1. The van der Waals surface area contributed by atoms with Crippen LogP contribution in [0.15, 0.2) is 24.3 Å². The summed E-state index contributed by atoms with van der Waals surface area (Å²) in [5, 5.41) is 4.55. The quantitative estimate of drug-likeness (QED) is 0.755. The van der Waals surface area contributed by atoms with Gasteiger partial charge in [0.2, 0.25) is 5.91 Å². The van der Waals surface area contributed by atoms with Crippen molar-refractivity contribution < 1.29 is 13.9 Å². The van der Waals surface area contributed by atoms with Crippen molar-refractivity contribution in [2.75, 3.05) is 19.7 Å². The monoisotopic (exact) mass is 387 g/mol. The molecule has 1 aliphatic rings. The van der Waals surface area contributed by atoms with Gasteiger partial charge in [0, 0.05) is 24.7 Å². The Morgan fingerprint density at radius 1 is 1.32 bits per heavy atom. The first kappa shape index (κ1) is 20.4. The minimum atomic E-state index is -0.347. The van der Waals surface area contributed by atoms with E-state index in [9.17, 15) is 9.18 Å². The van der Waals surface area contributed by atoms with Gasteiger partial charge in [-0.3, -0.25) is 9.48 Å². The SMILES string of the molecule is Cc1nn(CC(C)C(=O)N2CCCC(COc3ccccc3F)C2)c(C)c1C. The maximum absolute atomic E-state index is 13.7. The van der Waals surface area contributed by atoms with Crippen molar-refractivity contribution >= 4 is 5.91 Å². The van der Waals surface area contributed by atoms with Crippen LogP contribution in [0.3, 0.4) is 0 Å². The van der Waals surface area contributed by atoms with Crippen LogP contribution < -0.4 is 4.74 Å². The molecule has 1 aromatic heterocycles. The third kappa shape index (κ3) is 4.54. The van der Waals surface area contributed by atoms with Crippen molar-refractivity contribution in [3.8, 4) is 5.75 Å². The number of aryl methyl sites for hydroxylation is 1. The smallest absolute Gasteiger partial charge is 0.227 e. The zero-order chi connectivity index (χ0) is 20.3. The number of aromatic nitrogens is 2. The average molecular weight is 387 g/mol. The molecule has 1 aromatic carbocycles. The predicted octanol–water partition coefficient (Wildman–Crippen LogP) is 3.90. The van der Waals surface area contributed by atoms with E-state index in [-0.39, 0.29) is 29.3 Å². The average Bonchev–Trinajstić information content (AvgIpc) is 2.93. The van der Waals surface area contributed by atoms with Crippen molar-refractivity contribution in [3.05, 3.63) is 47.0 Å². The predicted molar refractivity (Wildman–Crippen MR) is 107 cm³/mol. The van der Waals surface area contributed by atoms with E-state index in [4.69, 9.17) is 4.74 Å². The molecule has 5 nitrogen and oxygen atoms in total. The number of hydrogen-bond donors (Lipinski definition) is 0. The van der Waals surface area contributed by atoms with Crippen LogP contribution in [-0.2, 0) is 11.3 Å². The Balaban J connectivity index is 1.56. The molecule has 0 bridgehead atoms. The van der Waals surface area contributed by atoms with E-state index in [1.165, 1.54) is 11.6 Å². The molecule has 0 spiro atoms. The molecule has 2 heterocycles. The van der Waals surface area contributed by atoms with Crippen LogP contribution in [-0.4, -0.2) is 40.3 Å². The van der Waals surface area contributed by atoms with Gasteiger partial charge in [0.1, 0.15) is 0 Å². The topological polar surface area (TPSA) is 47.4 Å². The molecule has 2 unspecified atom stereocenters. The van der Waals surface area contributed by atoms with Gasteiger partial charge in [-0.1, -0.05) is 19.1 Å². The summed E-state index contributed by atoms with van der Waals surface area (Å²) in [7, 11) is 0. The number of carbonyl (C=O) groups is 1. The molecule has 152 valence electrons. The van der Waals surface area contributed by atoms with Gasteiger partial charge in [0.25, 0.3) is 0 Å². The normalized spacial score (nSPS) is 18.2. The highest BCUT2D eigenvalue weighted by molar-refractivity contribution is 5.78. The summed E-state index contributed by atoms with van der Waals surface area (Å²) >= 11 is 0. The number of benzene rings is 1. The lowest BCUT2D eigenvalue weighted by molar-refractivity contribution is -0.137. The summed E-state index contributed by atoms with van der Waals surface area (Å²) in [6.07, 6.45) is 1.94. The summed E-state index contributed by atoms with van der Waals surface area (Å²) in [5.74, 6) is 0.170. The van der Waals surface area contributed by atoms with Crippen LogP contribution in [0.1, 0.15) is 36.7 Å². The Labute approximate surface area is 166 Å². The van der Waals surface area contributed by atoms with Crippen molar-refractivity contribution in [1.29, 1.82) is 0 Å². The maximum Gasteiger partial charge on any atom is 0.227 e. The van der Waals surface area contributed by atoms with Gasteiger partial charge in [-0.25, -0.2) is 4.39 Å². The number of carbonyl (C=O) groups excluding carboxylic acids is 1. The Bertz CT molecular complexity index is 833. The molecule has 1 fully saturated rings. The van der Waals surface area contributed by atoms with Crippen molar-refractivity contribution in [3.63, 3.8) is 0 Å². The zero-order valence-electron chi connectivity index (χ0n) is 17.2. The molecule has 1 saturated heterocycles. The van der Waals surface area contributed by atoms with Crippen molar-refractivity contribution in [2.24, 2.45) is 11.8 Å². The van der Waals surface area contributed by atoms with E-state index < -0.39 is 0 Å². The standard InChI is InChI=1S/C22H30FN3O2/c1-15(12-26-18(4)16(2)17(3)24-26)22(27)25-11-7-8-19(13-25)14-28-21-10-6-5-9-20(21)23/h5-6,9-10,15,19H,7-8,11-14H2,1-4H3. The molecule has 0 aliphatic carbocycles. The van der Waals surface area contributed by atoms with Crippen LogP contribution in [0, 0.1) is 38.4 Å². The molecule has 2 atom stereocenters. The van der Waals surface area contributed by atoms with Crippen molar-refractivity contribution in [2.45, 2.75) is 47.1 Å². The van der Waals surface area contributed by atoms with Gasteiger partial charge >= 0.3 is 0 Å². The van der Waals surface area contributed by atoms with Gasteiger partial charge in [0.15, 0.2) is 11.6 Å². The summed E-state index contributed by atoms with van der Waals surface area (Å²) in [6, 6.07) is 6.44. The number of halogens is 1. The molecule has 6 heteroatoms. The second-order valence-electron chi connectivity index (χ2n) is 7.91. The van der Waals surface area contributed by atoms with Crippen LogP contribution in [0.4, 0.5) is 4.39 Å². The lowest BCUT2D eigenvalue weighted by Crippen LogP contribution is -2.44. The molecule has 2 aromatic rings. The molecular weight excluding hydrogens is 357 g/mol. The first-order valence-corrected chi connectivity index (χ1v) is 10.0. The number of ether oxygens (including phenoxy) is 1. The number of rotatable bonds is 6. The number of nitrogens with zero attached hydrogens (tertiary/aromatic N) is 3. The minimum Gasteiger partial charge on any atom is -0.490 e. The Morgan fingerprint density at radius 2 is 2.07 bits per heavy atom. The van der Waals surface area contributed by atoms with Gasteiger partial charge in [-0.2, -0.15) is 5.10 Å². The first-order chi connectivity index (χ1) is 13.4. The molecule has 0 N–H and O–H groups in total. The largest absolute Gasteiger partial charge is 0.490 e. The summed E-state index contributed by atoms with van der Waals surface area (Å²) in [4.78, 5) is 14.9. The zero-order valence-corrected chi connectivity index (χ0v) is 17.2. The summed E-state index contributed by atoms with van der Waals surface area (Å²) in [6.45, 7) is 10.5. The van der Waals surface area contributed by atoms with Gasteiger partial charge in [-0.15, -0.1) is 0 Å². The molecule has 28 heavy (non-hydrogen) atoms. The van der Waals surface area contributed by atoms with Gasteiger partial charge in [0.05, 0.1) is 24.8 Å². The third-order valence-electron chi connectivity index (χ3n) is 5.75. The van der Waals surface area contributed by atoms with E-state index in [2.05, 4.69) is 12.0 Å². The fraction of sp³-hybridized carbons (Fsp3) is 0.545. The highest BCUT2D eigenvalue weighted by Gasteiger charge is 2.28. The third-order valence-corrected chi connectivity index (χ3v) is 5.75. The highest BCUT2D eigenvalue weighted by Crippen LogP contribution is 2.22. The molecule has 1 amide bonds.